The average Bonchev–Trinajstić information content (AvgIpc) is 2.41. The van der Waals surface area contributed by atoms with E-state index >= 15 is 0 Å². The van der Waals surface area contributed by atoms with Crippen LogP contribution < -0.4 is 5.32 Å². The number of pyridine rings is 2. The van der Waals surface area contributed by atoms with E-state index in [2.05, 4.69) is 15.3 Å². The number of aromatic nitrogens is 2. The minimum absolute atomic E-state index is 0.210. The predicted octanol–water partition coefficient (Wildman–Crippen LogP) is 3.56. The Hall–Kier alpha value is -1.94. The van der Waals surface area contributed by atoms with Gasteiger partial charge >= 0.3 is 0 Å². The molecule has 2 heterocycles. The molecule has 0 aliphatic heterocycles. The van der Waals surface area contributed by atoms with Crippen LogP contribution in [0.1, 0.15) is 34.4 Å². The number of hydrogen-bond donors (Lipinski definition) is 1. The molecule has 20 heavy (non-hydrogen) atoms. The standard InChI is InChI=1S/C15H16ClN3O/c1-4-12-7-11(8-14(16)18-12)15(20)19-13-6-5-9(2)17-10(13)3/h5-8H,4H2,1-3H3,(H,19,20). The van der Waals surface area contributed by atoms with Crippen molar-refractivity contribution in [2.45, 2.75) is 27.2 Å². The highest BCUT2D eigenvalue weighted by atomic mass is 35.5. The maximum atomic E-state index is 12.2. The van der Waals surface area contributed by atoms with Gasteiger partial charge in [0.1, 0.15) is 5.15 Å². The average molecular weight is 290 g/mol. The number of amides is 1. The minimum Gasteiger partial charge on any atom is -0.320 e. The van der Waals surface area contributed by atoms with Crippen LogP contribution in [-0.2, 0) is 6.42 Å². The van der Waals surface area contributed by atoms with Crippen LogP contribution in [0.2, 0.25) is 5.15 Å². The lowest BCUT2D eigenvalue weighted by Crippen LogP contribution is -2.14. The number of carbonyl (C=O) groups excluding carboxylic acids is 1. The molecule has 0 aliphatic rings. The van der Waals surface area contributed by atoms with Gasteiger partial charge in [0.2, 0.25) is 0 Å². The molecule has 104 valence electrons. The summed E-state index contributed by atoms with van der Waals surface area (Å²) in [4.78, 5) is 20.7. The van der Waals surface area contributed by atoms with E-state index in [-0.39, 0.29) is 5.91 Å². The van der Waals surface area contributed by atoms with Crippen molar-refractivity contribution in [3.63, 3.8) is 0 Å². The zero-order valence-electron chi connectivity index (χ0n) is 11.7. The van der Waals surface area contributed by atoms with E-state index in [0.717, 1.165) is 23.5 Å². The van der Waals surface area contributed by atoms with Gasteiger partial charge in [-0.1, -0.05) is 18.5 Å². The zero-order chi connectivity index (χ0) is 14.7. The number of rotatable bonds is 3. The predicted molar refractivity (Wildman–Crippen MR) is 80.3 cm³/mol. The van der Waals surface area contributed by atoms with Gasteiger partial charge in [-0.15, -0.1) is 0 Å². The summed E-state index contributed by atoms with van der Waals surface area (Å²) < 4.78 is 0. The Bertz CT molecular complexity index is 656. The van der Waals surface area contributed by atoms with Crippen molar-refractivity contribution in [2.24, 2.45) is 0 Å². The summed E-state index contributed by atoms with van der Waals surface area (Å²) in [5.74, 6) is -0.210. The monoisotopic (exact) mass is 289 g/mol. The third kappa shape index (κ3) is 3.33. The van der Waals surface area contributed by atoms with Gasteiger partial charge in [-0.25, -0.2) is 4.98 Å². The Kier molecular flexibility index (Phi) is 4.35. The lowest BCUT2D eigenvalue weighted by molar-refractivity contribution is 0.102. The molecule has 5 heteroatoms. The van der Waals surface area contributed by atoms with Gasteiger partial charge in [0.25, 0.3) is 5.91 Å². The highest BCUT2D eigenvalue weighted by Gasteiger charge is 2.11. The molecule has 2 rings (SSSR count). The van der Waals surface area contributed by atoms with E-state index in [1.165, 1.54) is 0 Å². The number of carbonyl (C=O) groups is 1. The topological polar surface area (TPSA) is 54.9 Å². The summed E-state index contributed by atoms with van der Waals surface area (Å²) in [6, 6.07) is 7.02. The summed E-state index contributed by atoms with van der Waals surface area (Å²) in [6.07, 6.45) is 0.728. The van der Waals surface area contributed by atoms with Gasteiger partial charge in [-0.2, -0.15) is 0 Å². The molecular formula is C15H16ClN3O. The van der Waals surface area contributed by atoms with E-state index in [4.69, 9.17) is 11.6 Å². The highest BCUT2D eigenvalue weighted by molar-refractivity contribution is 6.29. The molecule has 0 radical (unpaired) electrons. The fourth-order valence-electron chi connectivity index (χ4n) is 1.88. The van der Waals surface area contributed by atoms with Gasteiger partial charge in [-0.05, 0) is 44.5 Å². The van der Waals surface area contributed by atoms with Crippen molar-refractivity contribution in [2.75, 3.05) is 5.32 Å². The van der Waals surface area contributed by atoms with Crippen LogP contribution in [0.15, 0.2) is 24.3 Å². The van der Waals surface area contributed by atoms with Crippen LogP contribution in [0, 0.1) is 13.8 Å². The smallest absolute Gasteiger partial charge is 0.255 e. The fraction of sp³-hybridized carbons (Fsp3) is 0.267. The molecule has 4 nitrogen and oxygen atoms in total. The first-order valence-electron chi connectivity index (χ1n) is 6.41. The first-order valence-corrected chi connectivity index (χ1v) is 6.79. The zero-order valence-corrected chi connectivity index (χ0v) is 12.5. The van der Waals surface area contributed by atoms with E-state index < -0.39 is 0 Å². The Labute approximate surface area is 123 Å². The summed E-state index contributed by atoms with van der Waals surface area (Å²) in [7, 11) is 0. The lowest BCUT2D eigenvalue weighted by Gasteiger charge is -2.09. The van der Waals surface area contributed by atoms with E-state index in [0.29, 0.717) is 16.4 Å². The molecule has 1 amide bonds. The molecule has 0 saturated heterocycles. The van der Waals surface area contributed by atoms with Gasteiger partial charge in [0, 0.05) is 17.0 Å². The Morgan fingerprint density at radius 1 is 1.25 bits per heavy atom. The summed E-state index contributed by atoms with van der Waals surface area (Å²) in [5, 5.41) is 3.17. The largest absolute Gasteiger partial charge is 0.320 e. The molecule has 0 bridgehead atoms. The second kappa shape index (κ2) is 6.01. The SMILES string of the molecule is CCc1cc(C(=O)Nc2ccc(C)nc2C)cc(Cl)n1. The number of hydrogen-bond acceptors (Lipinski definition) is 3. The van der Waals surface area contributed by atoms with Gasteiger partial charge < -0.3 is 5.32 Å². The quantitative estimate of drug-likeness (QED) is 0.879. The summed E-state index contributed by atoms with van der Waals surface area (Å²) in [5.41, 5.74) is 3.70. The Balaban J connectivity index is 2.26. The molecule has 0 unspecified atom stereocenters. The third-order valence-electron chi connectivity index (χ3n) is 2.94. The van der Waals surface area contributed by atoms with Crippen molar-refractivity contribution in [3.05, 3.63) is 52.1 Å². The molecule has 0 saturated carbocycles. The van der Waals surface area contributed by atoms with Crippen molar-refractivity contribution in [3.8, 4) is 0 Å². The van der Waals surface area contributed by atoms with Crippen LogP contribution in [-0.4, -0.2) is 15.9 Å². The highest BCUT2D eigenvalue weighted by Crippen LogP contribution is 2.16. The molecule has 0 aromatic carbocycles. The first-order chi connectivity index (χ1) is 9.49. The van der Waals surface area contributed by atoms with Crippen LogP contribution in [0.5, 0.6) is 0 Å². The molecule has 2 aromatic heterocycles. The van der Waals surface area contributed by atoms with Crippen LogP contribution >= 0.6 is 11.6 Å². The van der Waals surface area contributed by atoms with Gasteiger partial charge in [0.05, 0.1) is 11.4 Å². The second-order valence-electron chi connectivity index (χ2n) is 4.56. The van der Waals surface area contributed by atoms with Crippen LogP contribution in [0.4, 0.5) is 5.69 Å². The maximum Gasteiger partial charge on any atom is 0.255 e. The van der Waals surface area contributed by atoms with Crippen molar-refractivity contribution in [1.82, 2.24) is 9.97 Å². The summed E-state index contributed by atoms with van der Waals surface area (Å²) in [6.45, 7) is 5.74. The van der Waals surface area contributed by atoms with E-state index in [1.807, 2.05) is 32.9 Å². The van der Waals surface area contributed by atoms with Crippen molar-refractivity contribution >= 4 is 23.2 Å². The second-order valence-corrected chi connectivity index (χ2v) is 4.95. The van der Waals surface area contributed by atoms with Gasteiger partial charge in [-0.3, -0.25) is 9.78 Å². The van der Waals surface area contributed by atoms with Crippen molar-refractivity contribution in [1.29, 1.82) is 0 Å². The van der Waals surface area contributed by atoms with Gasteiger partial charge in [0.15, 0.2) is 0 Å². The van der Waals surface area contributed by atoms with Crippen molar-refractivity contribution < 1.29 is 4.79 Å². The van der Waals surface area contributed by atoms with Crippen LogP contribution in [0.3, 0.4) is 0 Å². The molecule has 1 N–H and O–H groups in total. The first kappa shape index (κ1) is 14.5. The number of nitrogens with one attached hydrogen (secondary N) is 1. The molecule has 0 atom stereocenters. The number of anilines is 1. The molecule has 0 fully saturated rings. The van der Waals surface area contributed by atoms with E-state index in [9.17, 15) is 4.79 Å². The number of nitrogens with zero attached hydrogens (tertiary/aromatic N) is 2. The normalized spacial score (nSPS) is 10.4. The van der Waals surface area contributed by atoms with Crippen LogP contribution in [0.25, 0.3) is 0 Å². The van der Waals surface area contributed by atoms with E-state index in [1.54, 1.807) is 12.1 Å². The maximum absolute atomic E-state index is 12.2. The molecule has 2 aromatic rings. The molecule has 0 aliphatic carbocycles. The number of aryl methyl sites for hydroxylation is 3. The minimum atomic E-state index is -0.210. The Morgan fingerprint density at radius 2 is 2.00 bits per heavy atom. The fourth-order valence-corrected chi connectivity index (χ4v) is 2.10. The third-order valence-corrected chi connectivity index (χ3v) is 3.14. The molecule has 0 spiro atoms. The Morgan fingerprint density at radius 3 is 2.65 bits per heavy atom. The summed E-state index contributed by atoms with van der Waals surface area (Å²) >= 11 is 5.92. The molecular weight excluding hydrogens is 274 g/mol. The number of halogens is 1. The lowest BCUT2D eigenvalue weighted by atomic mass is 10.2.